The molecule has 19 heavy (non-hydrogen) atoms. The van der Waals surface area contributed by atoms with E-state index in [1.54, 1.807) is 0 Å². The molecule has 0 saturated carbocycles. The molecule has 0 aromatic heterocycles. The maximum Gasteiger partial charge on any atom is 0.149 e. The van der Waals surface area contributed by atoms with Gasteiger partial charge in [-0.2, -0.15) is 0 Å². The van der Waals surface area contributed by atoms with Crippen LogP contribution in [0.1, 0.15) is 25.8 Å². The summed E-state index contributed by atoms with van der Waals surface area (Å²) in [6, 6.07) is 10.7. The number of hydrogen-bond donors (Lipinski definition) is 0. The van der Waals surface area contributed by atoms with Gasteiger partial charge >= 0.3 is 0 Å². The van der Waals surface area contributed by atoms with Gasteiger partial charge in [-0.15, -0.1) is 0 Å². The van der Waals surface area contributed by atoms with Gasteiger partial charge in [0.1, 0.15) is 5.78 Å². The molecule has 1 heterocycles. The minimum Gasteiger partial charge on any atom is -0.298 e. The molecule has 3 heteroatoms. The lowest BCUT2D eigenvalue weighted by molar-refractivity contribution is -0.124. The number of ketones is 1. The summed E-state index contributed by atoms with van der Waals surface area (Å²) in [5, 5.41) is 0. The average Bonchev–Trinajstić information content (AvgIpc) is 2.47. The lowest BCUT2D eigenvalue weighted by Crippen LogP contribution is -2.51. The molecule has 1 saturated heterocycles. The zero-order valence-electron chi connectivity index (χ0n) is 12.0. The Balaban J connectivity index is 1.81. The lowest BCUT2D eigenvalue weighted by Gasteiger charge is -2.37. The first-order chi connectivity index (χ1) is 9.20. The molecule has 1 aliphatic heterocycles. The van der Waals surface area contributed by atoms with E-state index in [1.165, 1.54) is 5.56 Å². The second-order valence-corrected chi connectivity index (χ2v) is 5.29. The quantitative estimate of drug-likeness (QED) is 0.810. The summed E-state index contributed by atoms with van der Waals surface area (Å²) in [7, 11) is 0. The van der Waals surface area contributed by atoms with Crippen molar-refractivity contribution in [3.05, 3.63) is 35.9 Å². The summed E-state index contributed by atoms with van der Waals surface area (Å²) in [5.41, 5.74) is 1.37. The fourth-order valence-corrected chi connectivity index (χ4v) is 2.65. The Morgan fingerprint density at radius 3 is 2.37 bits per heavy atom. The van der Waals surface area contributed by atoms with Crippen LogP contribution in [-0.2, 0) is 11.3 Å². The minimum absolute atomic E-state index is 0.0869. The predicted octanol–water partition coefficient (Wildman–Crippen LogP) is 2.17. The van der Waals surface area contributed by atoms with Gasteiger partial charge in [-0.3, -0.25) is 14.6 Å². The van der Waals surface area contributed by atoms with E-state index >= 15 is 0 Å². The normalized spacial score (nSPS) is 19.3. The summed E-state index contributed by atoms with van der Waals surface area (Å²) < 4.78 is 0. The van der Waals surface area contributed by atoms with Crippen LogP contribution in [0.15, 0.2) is 30.3 Å². The Morgan fingerprint density at radius 2 is 1.79 bits per heavy atom. The SMILES string of the molecule is CCC(=O)C(C)N1CCN(Cc2ccccc2)CC1. The zero-order chi connectivity index (χ0) is 13.7. The molecular weight excluding hydrogens is 236 g/mol. The molecular formula is C16H24N2O. The number of carbonyl (C=O) groups excluding carboxylic acids is 1. The molecule has 104 valence electrons. The third-order valence-corrected chi connectivity index (χ3v) is 4.02. The molecule has 1 atom stereocenters. The van der Waals surface area contributed by atoms with Crippen LogP contribution in [0.5, 0.6) is 0 Å². The zero-order valence-corrected chi connectivity index (χ0v) is 12.0. The number of hydrogen-bond acceptors (Lipinski definition) is 3. The Kier molecular flexibility index (Phi) is 5.11. The van der Waals surface area contributed by atoms with Gasteiger partial charge in [-0.1, -0.05) is 37.3 Å². The molecule has 0 amide bonds. The van der Waals surface area contributed by atoms with Crippen molar-refractivity contribution >= 4 is 5.78 Å². The summed E-state index contributed by atoms with van der Waals surface area (Å²) in [6.45, 7) is 9.11. The van der Waals surface area contributed by atoms with E-state index in [-0.39, 0.29) is 6.04 Å². The van der Waals surface area contributed by atoms with E-state index in [0.29, 0.717) is 12.2 Å². The van der Waals surface area contributed by atoms with Gasteiger partial charge in [-0.05, 0) is 12.5 Å². The molecule has 1 fully saturated rings. The van der Waals surface area contributed by atoms with Crippen molar-refractivity contribution in [1.82, 2.24) is 9.80 Å². The fourth-order valence-electron chi connectivity index (χ4n) is 2.65. The van der Waals surface area contributed by atoms with Crippen LogP contribution >= 0.6 is 0 Å². The van der Waals surface area contributed by atoms with E-state index < -0.39 is 0 Å². The molecule has 1 unspecified atom stereocenters. The molecule has 3 nitrogen and oxygen atoms in total. The van der Waals surface area contributed by atoms with E-state index in [2.05, 4.69) is 40.1 Å². The molecule has 0 N–H and O–H groups in total. The highest BCUT2D eigenvalue weighted by Crippen LogP contribution is 2.11. The Bertz CT molecular complexity index is 396. The summed E-state index contributed by atoms with van der Waals surface area (Å²) in [4.78, 5) is 16.5. The number of carbonyl (C=O) groups is 1. The van der Waals surface area contributed by atoms with E-state index in [1.807, 2.05) is 13.8 Å². The van der Waals surface area contributed by atoms with Crippen LogP contribution in [0.3, 0.4) is 0 Å². The minimum atomic E-state index is 0.0869. The molecule has 1 aliphatic rings. The largest absolute Gasteiger partial charge is 0.298 e. The van der Waals surface area contributed by atoms with Gasteiger partial charge in [-0.25, -0.2) is 0 Å². The van der Waals surface area contributed by atoms with Crippen molar-refractivity contribution in [3.63, 3.8) is 0 Å². The van der Waals surface area contributed by atoms with Crippen molar-refractivity contribution in [2.45, 2.75) is 32.9 Å². The van der Waals surface area contributed by atoms with E-state index in [9.17, 15) is 4.79 Å². The third kappa shape index (κ3) is 3.88. The van der Waals surface area contributed by atoms with Gasteiger partial charge in [0.25, 0.3) is 0 Å². The number of Topliss-reactive ketones (excluding diaryl/α,β-unsaturated/α-hetero) is 1. The smallest absolute Gasteiger partial charge is 0.149 e. The highest BCUT2D eigenvalue weighted by atomic mass is 16.1. The Hall–Kier alpha value is -1.19. The Morgan fingerprint density at radius 1 is 1.16 bits per heavy atom. The molecule has 0 bridgehead atoms. The Labute approximate surface area is 116 Å². The third-order valence-electron chi connectivity index (χ3n) is 4.02. The van der Waals surface area contributed by atoms with Crippen molar-refractivity contribution in [2.24, 2.45) is 0 Å². The van der Waals surface area contributed by atoms with Crippen LogP contribution in [-0.4, -0.2) is 47.8 Å². The number of piperazine rings is 1. The molecule has 0 aliphatic carbocycles. The van der Waals surface area contributed by atoms with Gasteiger partial charge in [0, 0.05) is 39.1 Å². The monoisotopic (exact) mass is 260 g/mol. The van der Waals surface area contributed by atoms with Crippen LogP contribution in [0.2, 0.25) is 0 Å². The van der Waals surface area contributed by atoms with Gasteiger partial charge in [0.05, 0.1) is 6.04 Å². The standard InChI is InChI=1S/C16H24N2O/c1-3-16(19)14(2)18-11-9-17(10-12-18)13-15-7-5-4-6-8-15/h4-8,14H,3,9-13H2,1-2H3. The fraction of sp³-hybridized carbons (Fsp3) is 0.562. The highest BCUT2D eigenvalue weighted by Gasteiger charge is 2.24. The van der Waals surface area contributed by atoms with Crippen molar-refractivity contribution in [1.29, 1.82) is 0 Å². The van der Waals surface area contributed by atoms with Crippen LogP contribution in [0.4, 0.5) is 0 Å². The van der Waals surface area contributed by atoms with Gasteiger partial charge in [0.15, 0.2) is 0 Å². The van der Waals surface area contributed by atoms with Crippen molar-refractivity contribution < 1.29 is 4.79 Å². The summed E-state index contributed by atoms with van der Waals surface area (Å²) in [6.07, 6.45) is 0.644. The predicted molar refractivity (Wildman–Crippen MR) is 78.1 cm³/mol. The second-order valence-electron chi connectivity index (χ2n) is 5.29. The maximum atomic E-state index is 11.7. The number of rotatable bonds is 5. The van der Waals surface area contributed by atoms with Crippen LogP contribution in [0, 0.1) is 0 Å². The van der Waals surface area contributed by atoms with Gasteiger partial charge in [0.2, 0.25) is 0 Å². The molecule has 0 spiro atoms. The topological polar surface area (TPSA) is 23.6 Å². The van der Waals surface area contributed by atoms with E-state index in [4.69, 9.17) is 0 Å². The van der Waals surface area contributed by atoms with E-state index in [0.717, 1.165) is 32.7 Å². The average molecular weight is 260 g/mol. The summed E-state index contributed by atoms with van der Waals surface area (Å²) >= 11 is 0. The molecule has 2 rings (SSSR count). The van der Waals surface area contributed by atoms with Gasteiger partial charge < -0.3 is 0 Å². The first-order valence-corrected chi connectivity index (χ1v) is 7.23. The molecule has 0 radical (unpaired) electrons. The maximum absolute atomic E-state index is 11.7. The second kappa shape index (κ2) is 6.83. The van der Waals surface area contributed by atoms with Crippen molar-refractivity contribution in [2.75, 3.05) is 26.2 Å². The lowest BCUT2D eigenvalue weighted by atomic mass is 10.1. The first-order valence-electron chi connectivity index (χ1n) is 7.23. The van der Waals surface area contributed by atoms with Crippen LogP contribution in [0.25, 0.3) is 0 Å². The summed E-state index contributed by atoms with van der Waals surface area (Å²) in [5.74, 6) is 0.358. The first kappa shape index (κ1) is 14.2. The molecule has 1 aromatic rings. The highest BCUT2D eigenvalue weighted by molar-refractivity contribution is 5.83. The molecule has 1 aromatic carbocycles. The van der Waals surface area contributed by atoms with Crippen molar-refractivity contribution in [3.8, 4) is 0 Å². The number of nitrogens with zero attached hydrogens (tertiary/aromatic N) is 2. The number of benzene rings is 1. The van der Waals surface area contributed by atoms with Crippen LogP contribution < -0.4 is 0 Å².